The van der Waals surface area contributed by atoms with Gasteiger partial charge in [0.15, 0.2) is 4.34 Å². The molecule has 1 aromatic heterocycles. The molecule has 1 aromatic carbocycles. The number of nitrogens with zero attached hydrogens (tertiary/aromatic N) is 1. The van der Waals surface area contributed by atoms with E-state index in [1.807, 2.05) is 18.2 Å². The van der Waals surface area contributed by atoms with Gasteiger partial charge >= 0.3 is 0 Å². The van der Waals surface area contributed by atoms with Crippen LogP contribution >= 0.6 is 23.1 Å². The number of fused-ring (bicyclic) bond motifs is 1. The highest BCUT2D eigenvalue weighted by atomic mass is 32.2. The molecule has 1 unspecified atom stereocenters. The second-order valence-electron chi connectivity index (χ2n) is 8.81. The topological polar surface area (TPSA) is 42.0 Å². The van der Waals surface area contributed by atoms with Crippen LogP contribution in [-0.4, -0.2) is 22.7 Å². The average molecular weight is 387 g/mol. The SMILES string of the molecule is CC(NC(=O)CSc1nc2ccccc2s1)C12CC3CC(CC(C3)C1)C2. The van der Waals surface area contributed by atoms with Crippen LogP contribution in [-0.2, 0) is 4.79 Å². The van der Waals surface area contributed by atoms with Crippen molar-refractivity contribution in [1.82, 2.24) is 10.3 Å². The molecule has 5 heteroatoms. The van der Waals surface area contributed by atoms with Crippen LogP contribution in [0.3, 0.4) is 0 Å². The largest absolute Gasteiger partial charge is 0.352 e. The third kappa shape index (κ3) is 3.07. The fourth-order valence-electron chi connectivity index (χ4n) is 6.18. The quantitative estimate of drug-likeness (QED) is 0.726. The van der Waals surface area contributed by atoms with E-state index in [0.717, 1.165) is 27.6 Å². The zero-order chi connectivity index (χ0) is 17.7. The van der Waals surface area contributed by atoms with Crippen LogP contribution in [0, 0.1) is 23.2 Å². The van der Waals surface area contributed by atoms with Gasteiger partial charge in [-0.25, -0.2) is 4.98 Å². The lowest BCUT2D eigenvalue weighted by molar-refractivity contribution is -0.123. The Labute approximate surface area is 163 Å². The Morgan fingerprint density at radius 1 is 1.23 bits per heavy atom. The standard InChI is InChI=1S/C21H26N2OS2/c1-13(21-9-14-6-15(10-21)8-16(7-14)11-21)22-19(24)12-25-20-23-17-4-2-3-5-18(17)26-20/h2-5,13-16H,6-12H2,1H3,(H,22,24). The van der Waals surface area contributed by atoms with Gasteiger partial charge in [0.1, 0.15) is 0 Å². The number of nitrogens with one attached hydrogen (secondary N) is 1. The summed E-state index contributed by atoms with van der Waals surface area (Å²) in [5, 5.41) is 3.36. The van der Waals surface area contributed by atoms with Gasteiger partial charge in [0.2, 0.25) is 5.91 Å². The van der Waals surface area contributed by atoms with E-state index in [0.29, 0.717) is 17.2 Å². The number of benzene rings is 1. The maximum Gasteiger partial charge on any atom is 0.230 e. The second-order valence-corrected chi connectivity index (χ2v) is 11.1. The molecule has 1 atom stereocenters. The maximum absolute atomic E-state index is 12.6. The summed E-state index contributed by atoms with van der Waals surface area (Å²) in [6.07, 6.45) is 8.37. The Bertz CT molecular complexity index is 762. The Kier molecular flexibility index (Phi) is 4.28. The van der Waals surface area contributed by atoms with Crippen molar-refractivity contribution in [2.45, 2.75) is 55.8 Å². The number of amides is 1. The summed E-state index contributed by atoms with van der Waals surface area (Å²) >= 11 is 3.25. The molecule has 0 spiro atoms. The minimum absolute atomic E-state index is 0.164. The van der Waals surface area contributed by atoms with Gasteiger partial charge in [0, 0.05) is 6.04 Å². The van der Waals surface area contributed by atoms with Crippen molar-refractivity contribution in [3.05, 3.63) is 24.3 Å². The number of hydrogen-bond acceptors (Lipinski definition) is 4. The first-order valence-electron chi connectivity index (χ1n) is 9.87. The zero-order valence-corrected chi connectivity index (χ0v) is 16.9. The van der Waals surface area contributed by atoms with Crippen molar-refractivity contribution in [2.75, 3.05) is 5.75 Å². The minimum atomic E-state index is 0.164. The normalized spacial score (nSPS) is 33.5. The predicted octanol–water partition coefficient (Wildman–Crippen LogP) is 5.11. The summed E-state index contributed by atoms with van der Waals surface area (Å²) in [5.41, 5.74) is 1.41. The minimum Gasteiger partial charge on any atom is -0.352 e. The summed E-state index contributed by atoms with van der Waals surface area (Å²) in [4.78, 5) is 17.2. The Morgan fingerprint density at radius 2 is 1.88 bits per heavy atom. The van der Waals surface area contributed by atoms with Gasteiger partial charge in [0.25, 0.3) is 0 Å². The molecule has 2 aromatic rings. The molecule has 0 aliphatic heterocycles. The Hall–Kier alpha value is -1.07. The van der Waals surface area contributed by atoms with Crippen molar-refractivity contribution in [1.29, 1.82) is 0 Å². The number of carbonyl (C=O) groups excluding carboxylic acids is 1. The number of rotatable bonds is 5. The number of carbonyl (C=O) groups is 1. The van der Waals surface area contributed by atoms with Gasteiger partial charge < -0.3 is 5.32 Å². The van der Waals surface area contributed by atoms with Crippen LogP contribution in [0.2, 0.25) is 0 Å². The molecular formula is C21H26N2OS2. The first-order valence-corrected chi connectivity index (χ1v) is 11.7. The summed E-state index contributed by atoms with van der Waals surface area (Å²) < 4.78 is 2.18. The van der Waals surface area contributed by atoms with Crippen molar-refractivity contribution >= 4 is 39.2 Å². The highest BCUT2D eigenvalue weighted by Gasteiger charge is 2.53. The molecule has 6 rings (SSSR count). The summed E-state index contributed by atoms with van der Waals surface area (Å²) in [7, 11) is 0. The van der Waals surface area contributed by atoms with Gasteiger partial charge in [0.05, 0.1) is 16.0 Å². The van der Waals surface area contributed by atoms with E-state index in [-0.39, 0.29) is 5.91 Å². The van der Waals surface area contributed by atoms with Crippen molar-refractivity contribution in [3.63, 3.8) is 0 Å². The molecule has 4 saturated carbocycles. The van der Waals surface area contributed by atoms with Crippen molar-refractivity contribution in [2.24, 2.45) is 23.2 Å². The fraction of sp³-hybridized carbons (Fsp3) is 0.619. The number of thiazole rings is 1. The molecular weight excluding hydrogens is 360 g/mol. The first kappa shape index (κ1) is 17.1. The average Bonchev–Trinajstić information content (AvgIpc) is 3.02. The van der Waals surface area contributed by atoms with Gasteiger partial charge in [-0.2, -0.15) is 0 Å². The van der Waals surface area contributed by atoms with Crippen LogP contribution < -0.4 is 5.32 Å². The molecule has 4 fully saturated rings. The molecule has 0 saturated heterocycles. The number of thioether (sulfide) groups is 1. The van der Waals surface area contributed by atoms with E-state index >= 15 is 0 Å². The molecule has 4 bridgehead atoms. The summed E-state index contributed by atoms with van der Waals surface area (Å²) in [6, 6.07) is 8.47. The molecule has 1 N–H and O–H groups in total. The van der Waals surface area contributed by atoms with Crippen LogP contribution in [0.5, 0.6) is 0 Å². The second kappa shape index (κ2) is 6.52. The third-order valence-corrected chi connectivity index (χ3v) is 9.16. The Morgan fingerprint density at radius 3 is 2.54 bits per heavy atom. The van der Waals surface area contributed by atoms with E-state index in [4.69, 9.17) is 0 Å². The van der Waals surface area contributed by atoms with Crippen LogP contribution in [0.4, 0.5) is 0 Å². The molecule has 1 amide bonds. The van der Waals surface area contributed by atoms with Gasteiger partial charge in [-0.1, -0.05) is 23.9 Å². The first-order chi connectivity index (χ1) is 12.6. The van der Waals surface area contributed by atoms with E-state index in [1.165, 1.54) is 43.2 Å². The lowest BCUT2D eigenvalue weighted by atomic mass is 9.48. The molecule has 4 aliphatic carbocycles. The highest BCUT2D eigenvalue weighted by molar-refractivity contribution is 8.01. The molecule has 0 radical (unpaired) electrons. The summed E-state index contributed by atoms with van der Waals surface area (Å²) in [6.45, 7) is 2.26. The monoisotopic (exact) mass is 386 g/mol. The molecule has 1 heterocycles. The number of para-hydroxylation sites is 1. The molecule has 138 valence electrons. The van der Waals surface area contributed by atoms with E-state index < -0.39 is 0 Å². The van der Waals surface area contributed by atoms with Crippen LogP contribution in [0.15, 0.2) is 28.6 Å². The van der Waals surface area contributed by atoms with Gasteiger partial charge in [-0.05, 0) is 80.8 Å². The predicted molar refractivity (Wildman–Crippen MR) is 109 cm³/mol. The number of hydrogen-bond donors (Lipinski definition) is 1. The Balaban J connectivity index is 1.20. The fourth-order valence-corrected chi connectivity index (χ4v) is 8.06. The number of aromatic nitrogens is 1. The maximum atomic E-state index is 12.6. The highest BCUT2D eigenvalue weighted by Crippen LogP contribution is 2.61. The zero-order valence-electron chi connectivity index (χ0n) is 15.2. The molecule has 3 nitrogen and oxygen atoms in total. The van der Waals surface area contributed by atoms with E-state index in [1.54, 1.807) is 23.1 Å². The summed E-state index contributed by atoms with van der Waals surface area (Å²) in [5.74, 6) is 3.42. The van der Waals surface area contributed by atoms with Gasteiger partial charge in [-0.3, -0.25) is 4.79 Å². The van der Waals surface area contributed by atoms with E-state index in [2.05, 4.69) is 23.3 Å². The smallest absolute Gasteiger partial charge is 0.230 e. The van der Waals surface area contributed by atoms with E-state index in [9.17, 15) is 4.79 Å². The van der Waals surface area contributed by atoms with Crippen molar-refractivity contribution in [3.8, 4) is 0 Å². The molecule has 26 heavy (non-hydrogen) atoms. The van der Waals surface area contributed by atoms with Crippen LogP contribution in [0.25, 0.3) is 10.2 Å². The third-order valence-electron chi connectivity index (χ3n) is 6.98. The molecule has 4 aliphatic rings. The van der Waals surface area contributed by atoms with Crippen molar-refractivity contribution < 1.29 is 4.79 Å². The van der Waals surface area contributed by atoms with Crippen LogP contribution in [0.1, 0.15) is 45.4 Å². The lowest BCUT2D eigenvalue weighted by Gasteiger charge is -2.59. The lowest BCUT2D eigenvalue weighted by Crippen LogP contribution is -2.56. The van der Waals surface area contributed by atoms with Gasteiger partial charge in [-0.15, -0.1) is 11.3 Å².